The highest BCUT2D eigenvalue weighted by Gasteiger charge is 2.15. The third kappa shape index (κ3) is 14.1. The number of primary amides is 1. The lowest BCUT2D eigenvalue weighted by Gasteiger charge is -2.21. The zero-order valence-electron chi connectivity index (χ0n) is 22.5. The molecule has 0 radical (unpaired) electrons. The largest absolute Gasteiger partial charge is 0.488 e. The fourth-order valence-electron chi connectivity index (χ4n) is 3.80. The minimum Gasteiger partial charge on any atom is -0.488 e. The second kappa shape index (κ2) is 18.1. The summed E-state index contributed by atoms with van der Waals surface area (Å²) >= 11 is 0. The average Bonchev–Trinajstić information content (AvgIpc) is 2.76. The number of aliphatic hydroxyl groups is 1. The number of carbonyl (C=O) groups is 2. The minimum atomic E-state index is -0.429. The molecule has 5 N–H and O–H groups in total. The molecule has 7 nitrogen and oxygen atoms in total. The van der Waals surface area contributed by atoms with Gasteiger partial charge in [-0.2, -0.15) is 0 Å². The van der Waals surface area contributed by atoms with Gasteiger partial charge in [-0.05, 0) is 64.2 Å². The highest BCUT2D eigenvalue weighted by molar-refractivity contribution is 5.94. The van der Waals surface area contributed by atoms with Crippen LogP contribution in [-0.2, 0) is 4.79 Å². The number of anilines is 1. The Morgan fingerprint density at radius 3 is 2.21 bits per heavy atom. The molecule has 1 aliphatic carbocycles. The summed E-state index contributed by atoms with van der Waals surface area (Å²) in [5, 5.41) is 14.1. The van der Waals surface area contributed by atoms with E-state index in [-0.39, 0.29) is 18.1 Å². The average molecular weight is 480 g/mol. The van der Waals surface area contributed by atoms with Crippen LogP contribution in [0, 0.1) is 6.92 Å². The predicted octanol–water partition coefficient (Wildman–Crippen LogP) is 5.33. The van der Waals surface area contributed by atoms with Crippen molar-refractivity contribution < 1.29 is 19.4 Å². The van der Waals surface area contributed by atoms with Gasteiger partial charge in [-0.25, -0.2) is 0 Å². The van der Waals surface area contributed by atoms with Gasteiger partial charge in [-0.1, -0.05) is 46.0 Å². The zero-order valence-corrected chi connectivity index (χ0v) is 22.5. The number of benzene rings is 1. The van der Waals surface area contributed by atoms with Crippen molar-refractivity contribution in [3.05, 3.63) is 23.3 Å². The Balaban J connectivity index is 0.000000642. The summed E-state index contributed by atoms with van der Waals surface area (Å²) in [6.45, 7) is 11.3. The molecule has 2 amide bonds. The lowest BCUT2D eigenvalue weighted by Crippen LogP contribution is -2.34. The Labute approximate surface area is 207 Å². The Bertz CT molecular complexity index is 713. The normalized spacial score (nSPS) is 14.1. The summed E-state index contributed by atoms with van der Waals surface area (Å²) in [7, 11) is 1.85. The third-order valence-corrected chi connectivity index (χ3v) is 5.48. The van der Waals surface area contributed by atoms with Gasteiger partial charge >= 0.3 is 0 Å². The van der Waals surface area contributed by atoms with Gasteiger partial charge in [0.1, 0.15) is 5.75 Å². The summed E-state index contributed by atoms with van der Waals surface area (Å²) in [5.74, 6) is 0.401. The van der Waals surface area contributed by atoms with E-state index in [4.69, 9.17) is 15.6 Å². The van der Waals surface area contributed by atoms with E-state index in [1.165, 1.54) is 32.1 Å². The van der Waals surface area contributed by atoms with Crippen molar-refractivity contribution in [2.75, 3.05) is 12.4 Å². The van der Waals surface area contributed by atoms with Crippen LogP contribution in [-0.4, -0.2) is 42.2 Å². The van der Waals surface area contributed by atoms with E-state index >= 15 is 0 Å². The zero-order chi connectivity index (χ0) is 26.1. The summed E-state index contributed by atoms with van der Waals surface area (Å²) in [6, 6.07) is 4.00. The Morgan fingerprint density at radius 2 is 1.76 bits per heavy atom. The second-order valence-electron chi connectivity index (χ2n) is 9.20. The molecule has 1 atom stereocenters. The molecule has 0 bridgehead atoms. The smallest absolute Gasteiger partial charge is 0.248 e. The molecule has 196 valence electrons. The number of nitrogens with two attached hydrogens (primary N) is 1. The van der Waals surface area contributed by atoms with Crippen molar-refractivity contribution in [3.63, 3.8) is 0 Å². The van der Waals surface area contributed by atoms with E-state index in [1.54, 1.807) is 32.9 Å². The molecule has 1 saturated carbocycles. The van der Waals surface area contributed by atoms with Crippen LogP contribution in [0.3, 0.4) is 0 Å². The molecule has 7 heteroatoms. The van der Waals surface area contributed by atoms with Crippen molar-refractivity contribution >= 4 is 17.5 Å². The summed E-state index contributed by atoms with van der Waals surface area (Å²) in [4.78, 5) is 22.0. The molecule has 2 rings (SSSR count). The number of rotatable bonds is 9. The van der Waals surface area contributed by atoms with Crippen LogP contribution in [0.25, 0.3) is 0 Å². The van der Waals surface area contributed by atoms with Gasteiger partial charge in [0, 0.05) is 31.7 Å². The van der Waals surface area contributed by atoms with Gasteiger partial charge < -0.3 is 26.2 Å². The van der Waals surface area contributed by atoms with Gasteiger partial charge in [0.2, 0.25) is 11.8 Å². The van der Waals surface area contributed by atoms with Crippen LogP contribution < -0.4 is 21.1 Å². The maximum atomic E-state index is 11.4. The Morgan fingerprint density at radius 1 is 1.18 bits per heavy atom. The lowest BCUT2D eigenvalue weighted by molar-refractivity contribution is -0.119. The Kier molecular flexibility index (Phi) is 16.9. The molecule has 1 aliphatic rings. The summed E-state index contributed by atoms with van der Waals surface area (Å²) in [6.07, 6.45) is 10.5. The fourth-order valence-corrected chi connectivity index (χ4v) is 3.80. The van der Waals surface area contributed by atoms with E-state index in [0.29, 0.717) is 17.4 Å². The molecule has 1 fully saturated rings. The van der Waals surface area contributed by atoms with Crippen molar-refractivity contribution in [1.29, 1.82) is 0 Å². The van der Waals surface area contributed by atoms with Crippen LogP contribution in [0.1, 0.15) is 108 Å². The first-order chi connectivity index (χ1) is 16.0. The maximum absolute atomic E-state index is 11.4. The molecular formula is C27H49N3O4. The Hall–Kier alpha value is -2.28. The van der Waals surface area contributed by atoms with Gasteiger partial charge in [0.15, 0.2) is 0 Å². The number of nitrogens with one attached hydrogen (secondary N) is 2. The topological polar surface area (TPSA) is 114 Å². The molecule has 1 aromatic rings. The van der Waals surface area contributed by atoms with Crippen LogP contribution in [0.5, 0.6) is 5.75 Å². The van der Waals surface area contributed by atoms with Gasteiger partial charge in [-0.15, -0.1) is 0 Å². The van der Waals surface area contributed by atoms with Crippen molar-refractivity contribution in [2.45, 2.75) is 118 Å². The van der Waals surface area contributed by atoms with E-state index in [9.17, 15) is 9.59 Å². The highest BCUT2D eigenvalue weighted by Crippen LogP contribution is 2.31. The number of unbranched alkanes of at least 4 members (excludes halogenated alkanes) is 1. The second-order valence-corrected chi connectivity index (χ2v) is 9.20. The fraction of sp³-hybridized carbons (Fsp3) is 0.704. The summed E-state index contributed by atoms with van der Waals surface area (Å²) < 4.78 is 6.09. The molecule has 1 aromatic carbocycles. The number of carbonyl (C=O) groups excluding carboxylic acids is 2. The number of ether oxygens (including phenoxy) is 1. The van der Waals surface area contributed by atoms with Crippen LogP contribution in [0.2, 0.25) is 0 Å². The van der Waals surface area contributed by atoms with Crippen LogP contribution >= 0.6 is 0 Å². The molecule has 0 spiro atoms. The monoisotopic (exact) mass is 479 g/mol. The van der Waals surface area contributed by atoms with Gasteiger partial charge in [-0.3, -0.25) is 9.59 Å². The third-order valence-electron chi connectivity index (χ3n) is 5.48. The number of amides is 2. The first-order valence-corrected chi connectivity index (χ1v) is 12.8. The first kappa shape index (κ1) is 31.7. The van der Waals surface area contributed by atoms with Gasteiger partial charge in [0.05, 0.1) is 11.8 Å². The number of hydrogen-bond donors (Lipinski definition) is 4. The first-order valence-electron chi connectivity index (χ1n) is 12.8. The SMILES string of the molecule is CC(=O)NC1CCCCC1.CC(C)O.CCCCC(CC)Oc1cc(C(N)=O)cc(C)c1NC. The van der Waals surface area contributed by atoms with Crippen molar-refractivity contribution in [1.82, 2.24) is 5.32 Å². The maximum Gasteiger partial charge on any atom is 0.248 e. The molecule has 34 heavy (non-hydrogen) atoms. The molecule has 1 unspecified atom stereocenters. The molecular weight excluding hydrogens is 430 g/mol. The number of hydrogen-bond acceptors (Lipinski definition) is 5. The van der Waals surface area contributed by atoms with E-state index in [2.05, 4.69) is 24.5 Å². The summed E-state index contributed by atoms with van der Waals surface area (Å²) in [5.41, 5.74) is 7.74. The van der Waals surface area contributed by atoms with Crippen molar-refractivity contribution in [2.24, 2.45) is 5.73 Å². The lowest BCUT2D eigenvalue weighted by atomic mass is 9.95. The van der Waals surface area contributed by atoms with Crippen molar-refractivity contribution in [3.8, 4) is 5.75 Å². The minimum absolute atomic E-state index is 0.118. The molecule has 0 aliphatic heterocycles. The highest BCUT2D eigenvalue weighted by atomic mass is 16.5. The molecule has 0 heterocycles. The van der Waals surface area contributed by atoms with Crippen LogP contribution in [0.4, 0.5) is 5.69 Å². The standard InChI is InChI=1S/C16H26N2O2.C8H15NO.C3H8O/c1-5-7-8-13(6-2)20-14-10-12(16(17)19)9-11(3)15(14)18-4;1-7(10)9-8-5-3-2-4-6-8;1-3(2)4/h9-10,13,18H,5-8H2,1-4H3,(H2,17,19);8H,2-6H2,1H3,(H,9,10);3-4H,1-2H3. The van der Waals surface area contributed by atoms with Crippen LogP contribution in [0.15, 0.2) is 12.1 Å². The van der Waals surface area contributed by atoms with E-state index < -0.39 is 5.91 Å². The van der Waals surface area contributed by atoms with E-state index in [0.717, 1.165) is 36.9 Å². The number of aryl methyl sites for hydroxylation is 1. The van der Waals surface area contributed by atoms with E-state index in [1.807, 2.05) is 14.0 Å². The molecule has 0 aromatic heterocycles. The molecule has 0 saturated heterocycles. The predicted molar refractivity (Wildman–Crippen MR) is 142 cm³/mol. The quantitative estimate of drug-likeness (QED) is 0.382. The van der Waals surface area contributed by atoms with Gasteiger partial charge in [0.25, 0.3) is 0 Å². The number of aliphatic hydroxyl groups excluding tert-OH is 1.